The Hall–Kier alpha value is -1.13. The average molecular weight is 271 g/mol. The molecule has 0 saturated carbocycles. The molecule has 0 aromatic heterocycles. The molecule has 2 N–H and O–H groups in total. The van der Waals surface area contributed by atoms with Crippen LogP contribution in [-0.4, -0.2) is 18.5 Å². The molecule has 18 heavy (non-hydrogen) atoms. The quantitative estimate of drug-likeness (QED) is 0.868. The van der Waals surface area contributed by atoms with Crippen LogP contribution in [0.5, 0.6) is 0 Å². The van der Waals surface area contributed by atoms with E-state index < -0.39 is 5.82 Å². The van der Waals surface area contributed by atoms with Gasteiger partial charge in [0.15, 0.2) is 0 Å². The lowest BCUT2D eigenvalue weighted by Crippen LogP contribution is -2.45. The molecule has 1 aliphatic heterocycles. The molecule has 2 atom stereocenters. The number of halogens is 2. The van der Waals surface area contributed by atoms with Gasteiger partial charge in [-0.1, -0.05) is 18.5 Å². The second kappa shape index (κ2) is 5.67. The Labute approximate surface area is 111 Å². The normalized spacial score (nSPS) is 23.7. The van der Waals surface area contributed by atoms with Crippen LogP contribution in [0, 0.1) is 11.7 Å². The number of benzene rings is 1. The lowest BCUT2D eigenvalue weighted by molar-refractivity contribution is -0.119. The Morgan fingerprint density at radius 3 is 3.06 bits per heavy atom. The lowest BCUT2D eigenvalue weighted by atomic mass is 9.94. The number of carbonyl (C=O) groups is 1. The zero-order valence-electron chi connectivity index (χ0n) is 10.2. The number of piperidine rings is 1. The monoisotopic (exact) mass is 270 g/mol. The largest absolute Gasteiger partial charge is 0.322 e. The third-order valence-electron chi connectivity index (χ3n) is 3.17. The van der Waals surface area contributed by atoms with Gasteiger partial charge in [0.2, 0.25) is 5.91 Å². The number of carbonyl (C=O) groups excluding carboxylic acids is 1. The fourth-order valence-corrected chi connectivity index (χ4v) is 2.29. The standard InChI is InChI=1S/C13H16ClFN2O/c1-8-4-5-16-12(6-8)13(18)17-11-7-9(14)2-3-10(11)15/h2-3,7-8,12,16H,4-6H2,1H3,(H,17,18). The van der Waals surface area contributed by atoms with E-state index in [0.717, 1.165) is 19.4 Å². The van der Waals surface area contributed by atoms with Gasteiger partial charge in [0.1, 0.15) is 5.82 Å². The number of amides is 1. The summed E-state index contributed by atoms with van der Waals surface area (Å²) in [5, 5.41) is 6.12. The van der Waals surface area contributed by atoms with E-state index >= 15 is 0 Å². The second-order valence-electron chi connectivity index (χ2n) is 4.75. The highest BCUT2D eigenvalue weighted by atomic mass is 35.5. The van der Waals surface area contributed by atoms with Crippen molar-refractivity contribution in [2.24, 2.45) is 5.92 Å². The summed E-state index contributed by atoms with van der Waals surface area (Å²) in [6, 6.07) is 3.86. The van der Waals surface area contributed by atoms with Crippen LogP contribution in [0.2, 0.25) is 5.02 Å². The molecule has 1 aromatic carbocycles. The molecule has 2 unspecified atom stereocenters. The van der Waals surface area contributed by atoms with Crippen LogP contribution in [-0.2, 0) is 4.79 Å². The van der Waals surface area contributed by atoms with Crippen LogP contribution in [0.25, 0.3) is 0 Å². The summed E-state index contributed by atoms with van der Waals surface area (Å²) in [5.74, 6) is -0.175. The average Bonchev–Trinajstić information content (AvgIpc) is 2.34. The first-order valence-corrected chi connectivity index (χ1v) is 6.43. The van der Waals surface area contributed by atoms with Crippen molar-refractivity contribution in [3.05, 3.63) is 29.0 Å². The molecule has 5 heteroatoms. The van der Waals surface area contributed by atoms with Gasteiger partial charge >= 0.3 is 0 Å². The van der Waals surface area contributed by atoms with Crippen LogP contribution in [0.3, 0.4) is 0 Å². The van der Waals surface area contributed by atoms with Crippen LogP contribution in [0.4, 0.5) is 10.1 Å². The van der Waals surface area contributed by atoms with E-state index in [1.165, 1.54) is 18.2 Å². The Morgan fingerprint density at radius 2 is 2.33 bits per heavy atom. The topological polar surface area (TPSA) is 41.1 Å². The smallest absolute Gasteiger partial charge is 0.241 e. The summed E-state index contributed by atoms with van der Waals surface area (Å²) >= 11 is 5.78. The van der Waals surface area contributed by atoms with Crippen molar-refractivity contribution in [2.75, 3.05) is 11.9 Å². The summed E-state index contributed by atoms with van der Waals surface area (Å²) in [6.07, 6.45) is 1.84. The van der Waals surface area contributed by atoms with Gasteiger partial charge in [-0.2, -0.15) is 0 Å². The van der Waals surface area contributed by atoms with E-state index in [-0.39, 0.29) is 17.6 Å². The van der Waals surface area contributed by atoms with E-state index in [1.807, 2.05) is 0 Å². The lowest BCUT2D eigenvalue weighted by Gasteiger charge is -2.27. The minimum atomic E-state index is -0.475. The summed E-state index contributed by atoms with van der Waals surface area (Å²) < 4.78 is 13.5. The van der Waals surface area contributed by atoms with Gasteiger partial charge in [0.25, 0.3) is 0 Å². The fourth-order valence-electron chi connectivity index (χ4n) is 2.12. The Morgan fingerprint density at radius 1 is 1.56 bits per heavy atom. The van der Waals surface area contributed by atoms with Gasteiger partial charge in [0, 0.05) is 5.02 Å². The van der Waals surface area contributed by atoms with Gasteiger partial charge in [-0.05, 0) is 43.5 Å². The maximum absolute atomic E-state index is 13.5. The zero-order valence-corrected chi connectivity index (χ0v) is 10.9. The van der Waals surface area contributed by atoms with Crippen molar-refractivity contribution in [1.82, 2.24) is 5.32 Å². The molecule has 98 valence electrons. The van der Waals surface area contributed by atoms with Crippen molar-refractivity contribution in [3.63, 3.8) is 0 Å². The fraction of sp³-hybridized carbons (Fsp3) is 0.462. The number of rotatable bonds is 2. The molecule has 1 fully saturated rings. The van der Waals surface area contributed by atoms with Crippen LogP contribution in [0.15, 0.2) is 18.2 Å². The van der Waals surface area contributed by atoms with Crippen molar-refractivity contribution in [2.45, 2.75) is 25.8 Å². The van der Waals surface area contributed by atoms with E-state index in [1.54, 1.807) is 0 Å². The molecule has 0 bridgehead atoms. The van der Waals surface area contributed by atoms with Gasteiger partial charge in [-0.25, -0.2) is 4.39 Å². The molecule has 1 aromatic rings. The molecule has 0 aliphatic carbocycles. The number of nitrogens with one attached hydrogen (secondary N) is 2. The van der Waals surface area contributed by atoms with E-state index in [2.05, 4.69) is 17.6 Å². The molecule has 1 heterocycles. The Balaban J connectivity index is 2.04. The minimum absolute atomic E-state index is 0.132. The Kier molecular flexibility index (Phi) is 4.19. The maximum Gasteiger partial charge on any atom is 0.241 e. The maximum atomic E-state index is 13.5. The molecule has 0 spiro atoms. The zero-order chi connectivity index (χ0) is 13.1. The van der Waals surface area contributed by atoms with Crippen molar-refractivity contribution >= 4 is 23.2 Å². The summed E-state index contributed by atoms with van der Waals surface area (Å²) in [4.78, 5) is 12.0. The predicted octanol–water partition coefficient (Wildman–Crippen LogP) is 2.81. The van der Waals surface area contributed by atoms with Crippen molar-refractivity contribution in [1.29, 1.82) is 0 Å². The number of hydrogen-bond acceptors (Lipinski definition) is 2. The third kappa shape index (κ3) is 3.21. The van der Waals surface area contributed by atoms with Crippen LogP contribution in [0.1, 0.15) is 19.8 Å². The second-order valence-corrected chi connectivity index (χ2v) is 5.19. The first-order valence-electron chi connectivity index (χ1n) is 6.05. The van der Waals surface area contributed by atoms with Gasteiger partial charge in [0.05, 0.1) is 11.7 Å². The molecular formula is C13H16ClFN2O. The molecule has 1 saturated heterocycles. The van der Waals surface area contributed by atoms with Gasteiger partial charge in [-0.3, -0.25) is 4.79 Å². The first-order chi connectivity index (χ1) is 8.56. The number of anilines is 1. The minimum Gasteiger partial charge on any atom is -0.322 e. The molecule has 2 rings (SSSR count). The third-order valence-corrected chi connectivity index (χ3v) is 3.40. The predicted molar refractivity (Wildman–Crippen MR) is 70.2 cm³/mol. The summed E-state index contributed by atoms with van der Waals surface area (Å²) in [7, 11) is 0. The van der Waals surface area contributed by atoms with Gasteiger partial charge < -0.3 is 10.6 Å². The molecule has 1 amide bonds. The molecule has 0 radical (unpaired) electrons. The van der Waals surface area contributed by atoms with Crippen LogP contribution < -0.4 is 10.6 Å². The highest BCUT2D eigenvalue weighted by Gasteiger charge is 2.25. The van der Waals surface area contributed by atoms with Crippen LogP contribution >= 0.6 is 11.6 Å². The Bertz CT molecular complexity index is 453. The highest BCUT2D eigenvalue weighted by molar-refractivity contribution is 6.30. The van der Waals surface area contributed by atoms with E-state index in [4.69, 9.17) is 11.6 Å². The highest BCUT2D eigenvalue weighted by Crippen LogP contribution is 2.21. The summed E-state index contributed by atoms with van der Waals surface area (Å²) in [5.41, 5.74) is 0.132. The molecular weight excluding hydrogens is 255 g/mol. The SMILES string of the molecule is CC1CCNC(C(=O)Nc2cc(Cl)ccc2F)C1. The molecule has 3 nitrogen and oxygen atoms in total. The summed E-state index contributed by atoms with van der Waals surface area (Å²) in [6.45, 7) is 2.93. The van der Waals surface area contributed by atoms with Gasteiger partial charge in [-0.15, -0.1) is 0 Å². The first kappa shape index (κ1) is 13.3. The van der Waals surface area contributed by atoms with E-state index in [9.17, 15) is 9.18 Å². The number of hydrogen-bond donors (Lipinski definition) is 2. The van der Waals surface area contributed by atoms with E-state index in [0.29, 0.717) is 10.9 Å². The van der Waals surface area contributed by atoms with Crippen molar-refractivity contribution in [3.8, 4) is 0 Å². The van der Waals surface area contributed by atoms with Crippen molar-refractivity contribution < 1.29 is 9.18 Å². The molecule has 1 aliphatic rings.